The van der Waals surface area contributed by atoms with E-state index in [9.17, 15) is 9.70 Å². The molecule has 3 N–H and O–H groups in total. The van der Waals surface area contributed by atoms with E-state index in [1.54, 1.807) is 13.8 Å². The lowest BCUT2D eigenvalue weighted by atomic mass is 10.4. The summed E-state index contributed by atoms with van der Waals surface area (Å²) in [5.41, 5.74) is 6.74. The number of primary amides is 1. The molecule has 0 aromatic carbocycles. The number of amides is 2. The van der Waals surface area contributed by atoms with E-state index in [1.807, 2.05) is 5.43 Å². The topological polar surface area (TPSA) is 87.8 Å². The maximum atomic E-state index is 10.1. The minimum absolute atomic E-state index is 0.190. The molecule has 0 aliphatic carbocycles. The van der Waals surface area contributed by atoms with E-state index in [2.05, 4.69) is 5.29 Å². The molecular formula is C4H10N4O2. The summed E-state index contributed by atoms with van der Waals surface area (Å²) < 4.78 is 0. The Balaban J connectivity index is 3.83. The average Bonchev–Trinajstić information content (AvgIpc) is 1.81. The minimum Gasteiger partial charge on any atom is -0.350 e. The first-order chi connectivity index (χ1) is 4.57. The van der Waals surface area contributed by atoms with Crippen molar-refractivity contribution in [2.24, 2.45) is 11.0 Å². The van der Waals surface area contributed by atoms with E-state index in [1.165, 1.54) is 0 Å². The predicted octanol–water partition coefficient (Wildman–Crippen LogP) is -0.0385. The van der Waals surface area contributed by atoms with Gasteiger partial charge in [0.25, 0.3) is 0 Å². The first-order valence-electron chi connectivity index (χ1n) is 2.76. The molecule has 0 aliphatic rings. The van der Waals surface area contributed by atoms with Gasteiger partial charge in [-0.25, -0.2) is 10.2 Å². The van der Waals surface area contributed by atoms with Crippen LogP contribution in [0.3, 0.4) is 0 Å². The van der Waals surface area contributed by atoms with E-state index >= 15 is 0 Å². The van der Waals surface area contributed by atoms with Crippen LogP contribution in [0.25, 0.3) is 0 Å². The Morgan fingerprint density at radius 3 is 2.30 bits per heavy atom. The van der Waals surface area contributed by atoms with Crippen molar-refractivity contribution in [3.8, 4) is 0 Å². The SMILES string of the molecule is CC(C)N(N=O)NC(N)=O. The van der Waals surface area contributed by atoms with E-state index in [0.29, 0.717) is 0 Å². The summed E-state index contributed by atoms with van der Waals surface area (Å²) in [5.74, 6) is 0. The lowest BCUT2D eigenvalue weighted by Gasteiger charge is -2.17. The Bertz CT molecular complexity index is 135. The van der Waals surface area contributed by atoms with Crippen LogP contribution in [0.1, 0.15) is 13.8 Å². The Labute approximate surface area is 58.3 Å². The monoisotopic (exact) mass is 146 g/mol. The van der Waals surface area contributed by atoms with E-state index in [-0.39, 0.29) is 6.04 Å². The highest BCUT2D eigenvalue weighted by Gasteiger charge is 2.07. The molecule has 0 saturated heterocycles. The minimum atomic E-state index is -0.798. The molecule has 0 unspecified atom stereocenters. The molecule has 0 radical (unpaired) electrons. The number of nitrogens with one attached hydrogen (secondary N) is 1. The molecule has 0 fully saturated rings. The number of nitrogens with zero attached hydrogens (tertiary/aromatic N) is 2. The van der Waals surface area contributed by atoms with Gasteiger partial charge in [-0.2, -0.15) is 5.12 Å². The van der Waals surface area contributed by atoms with Gasteiger partial charge in [-0.3, -0.25) is 0 Å². The first-order valence-corrected chi connectivity index (χ1v) is 2.76. The van der Waals surface area contributed by atoms with Crippen LogP contribution >= 0.6 is 0 Å². The van der Waals surface area contributed by atoms with Gasteiger partial charge in [0.2, 0.25) is 0 Å². The maximum Gasteiger partial charge on any atom is 0.332 e. The number of nitroso groups, excluding NO2 is 1. The third-order valence-electron chi connectivity index (χ3n) is 0.802. The van der Waals surface area contributed by atoms with Crippen molar-refractivity contribution in [1.82, 2.24) is 10.5 Å². The predicted molar refractivity (Wildman–Crippen MR) is 35.5 cm³/mol. The second-order valence-corrected chi connectivity index (χ2v) is 2.00. The zero-order valence-electron chi connectivity index (χ0n) is 5.87. The molecule has 10 heavy (non-hydrogen) atoms. The Kier molecular flexibility index (Phi) is 3.16. The molecule has 0 aromatic heterocycles. The smallest absolute Gasteiger partial charge is 0.332 e. The number of nitrogens with two attached hydrogens (primary N) is 1. The van der Waals surface area contributed by atoms with Crippen LogP contribution < -0.4 is 11.2 Å². The molecule has 0 spiro atoms. The lowest BCUT2D eigenvalue weighted by Crippen LogP contribution is -2.45. The van der Waals surface area contributed by atoms with Gasteiger partial charge in [-0.1, -0.05) is 0 Å². The van der Waals surface area contributed by atoms with E-state index in [0.717, 1.165) is 5.12 Å². The van der Waals surface area contributed by atoms with Crippen LogP contribution in [-0.4, -0.2) is 17.2 Å². The Hall–Kier alpha value is -1.33. The second-order valence-electron chi connectivity index (χ2n) is 2.00. The third-order valence-corrected chi connectivity index (χ3v) is 0.802. The largest absolute Gasteiger partial charge is 0.350 e. The molecule has 6 heteroatoms. The summed E-state index contributed by atoms with van der Waals surface area (Å²) in [6.07, 6.45) is 0. The van der Waals surface area contributed by atoms with Gasteiger partial charge < -0.3 is 5.73 Å². The summed E-state index contributed by atoms with van der Waals surface area (Å²) in [4.78, 5) is 20.0. The fourth-order valence-corrected chi connectivity index (χ4v) is 0.357. The molecule has 2 amide bonds. The maximum absolute atomic E-state index is 10.1. The first kappa shape index (κ1) is 8.67. The van der Waals surface area contributed by atoms with Gasteiger partial charge in [0.1, 0.15) is 0 Å². The van der Waals surface area contributed by atoms with Gasteiger partial charge in [0, 0.05) is 0 Å². The van der Waals surface area contributed by atoms with Gasteiger partial charge in [0.05, 0.1) is 11.3 Å². The van der Waals surface area contributed by atoms with Crippen molar-refractivity contribution in [1.29, 1.82) is 0 Å². The molecule has 0 bridgehead atoms. The van der Waals surface area contributed by atoms with Crippen molar-refractivity contribution in [2.45, 2.75) is 19.9 Å². The zero-order valence-corrected chi connectivity index (χ0v) is 5.87. The molecule has 0 aliphatic heterocycles. The van der Waals surface area contributed by atoms with Crippen LogP contribution in [0.15, 0.2) is 5.29 Å². The third kappa shape index (κ3) is 2.85. The van der Waals surface area contributed by atoms with Crippen molar-refractivity contribution in [2.75, 3.05) is 0 Å². The lowest BCUT2D eigenvalue weighted by molar-refractivity contribution is 0.154. The number of hydrogen-bond donors (Lipinski definition) is 2. The number of hydrazine groups is 1. The van der Waals surface area contributed by atoms with Gasteiger partial charge in [-0.05, 0) is 13.8 Å². The fourth-order valence-electron chi connectivity index (χ4n) is 0.357. The quantitative estimate of drug-likeness (QED) is 0.432. The highest BCUT2D eigenvalue weighted by atomic mass is 16.3. The van der Waals surface area contributed by atoms with Crippen molar-refractivity contribution >= 4 is 6.03 Å². The summed E-state index contributed by atoms with van der Waals surface area (Å²) in [7, 11) is 0. The van der Waals surface area contributed by atoms with Gasteiger partial charge >= 0.3 is 6.03 Å². The molecule has 0 saturated carbocycles. The van der Waals surface area contributed by atoms with Crippen LogP contribution in [0.2, 0.25) is 0 Å². The normalized spacial score (nSPS) is 9.10. The fraction of sp³-hybridized carbons (Fsp3) is 0.750. The number of rotatable bonds is 3. The number of hydrogen-bond acceptors (Lipinski definition) is 3. The van der Waals surface area contributed by atoms with Crippen LogP contribution in [0.4, 0.5) is 4.79 Å². The second kappa shape index (κ2) is 3.65. The molecule has 0 rings (SSSR count). The molecule has 0 atom stereocenters. The zero-order chi connectivity index (χ0) is 8.15. The van der Waals surface area contributed by atoms with Crippen molar-refractivity contribution < 1.29 is 4.79 Å². The molecule has 0 aromatic rings. The number of urea groups is 1. The molecule has 6 nitrogen and oxygen atoms in total. The highest BCUT2D eigenvalue weighted by Crippen LogP contribution is 1.91. The summed E-state index contributed by atoms with van der Waals surface area (Å²) >= 11 is 0. The van der Waals surface area contributed by atoms with Gasteiger partial charge in [-0.15, -0.1) is 4.91 Å². The Morgan fingerprint density at radius 2 is 2.20 bits per heavy atom. The molecule has 58 valence electrons. The van der Waals surface area contributed by atoms with Crippen molar-refractivity contribution in [3.63, 3.8) is 0 Å². The average molecular weight is 146 g/mol. The van der Waals surface area contributed by atoms with E-state index < -0.39 is 6.03 Å². The van der Waals surface area contributed by atoms with Crippen LogP contribution in [-0.2, 0) is 0 Å². The summed E-state index contributed by atoms with van der Waals surface area (Å²) in [6, 6.07) is -0.988. The number of carbonyl (C=O) groups is 1. The summed E-state index contributed by atoms with van der Waals surface area (Å²) in [5, 5.41) is 3.33. The molecule has 0 heterocycles. The van der Waals surface area contributed by atoms with Crippen LogP contribution in [0, 0.1) is 4.91 Å². The van der Waals surface area contributed by atoms with E-state index in [4.69, 9.17) is 5.73 Å². The van der Waals surface area contributed by atoms with Crippen molar-refractivity contribution in [3.05, 3.63) is 4.91 Å². The highest BCUT2D eigenvalue weighted by molar-refractivity contribution is 5.70. The number of carbonyl (C=O) groups excluding carboxylic acids is 1. The standard InChI is InChI=1S/C4H10N4O2/c1-3(2)8(7-10)6-4(5)9/h3H,1-2H3,(H3,5,6,9). The summed E-state index contributed by atoms with van der Waals surface area (Å²) in [6.45, 7) is 3.38. The molecular weight excluding hydrogens is 136 g/mol. The Morgan fingerprint density at radius 1 is 1.70 bits per heavy atom. The van der Waals surface area contributed by atoms with Gasteiger partial charge in [0.15, 0.2) is 0 Å². The van der Waals surface area contributed by atoms with Crippen LogP contribution in [0.5, 0.6) is 0 Å².